The average molecular weight is 328 g/mol. The highest BCUT2D eigenvalue weighted by Gasteiger charge is 2.32. The molecule has 2 aromatic rings. The fourth-order valence-electron chi connectivity index (χ4n) is 3.33. The Hall–Kier alpha value is -2.21. The predicted molar refractivity (Wildman–Crippen MR) is 90.1 cm³/mol. The zero-order valence-corrected chi connectivity index (χ0v) is 14.5. The summed E-state index contributed by atoms with van der Waals surface area (Å²) in [6.07, 6.45) is 6.36. The van der Waals surface area contributed by atoms with Crippen LogP contribution in [0.4, 0.5) is 0 Å². The largest absolute Gasteiger partial charge is 0.444 e. The van der Waals surface area contributed by atoms with E-state index in [9.17, 15) is 4.79 Å². The summed E-state index contributed by atoms with van der Waals surface area (Å²) in [5.74, 6) is 1.43. The lowest BCUT2D eigenvalue weighted by atomic mass is 10.1. The van der Waals surface area contributed by atoms with Crippen LogP contribution in [0.2, 0.25) is 0 Å². The Morgan fingerprint density at radius 2 is 2.33 bits per heavy atom. The van der Waals surface area contributed by atoms with Gasteiger partial charge in [0.15, 0.2) is 0 Å². The van der Waals surface area contributed by atoms with Crippen LogP contribution in [0.25, 0.3) is 0 Å². The Kier molecular flexibility index (Phi) is 4.94. The zero-order chi connectivity index (χ0) is 17.1. The molecule has 128 valence electrons. The van der Waals surface area contributed by atoms with Crippen molar-refractivity contribution in [3.8, 4) is 0 Å². The van der Waals surface area contributed by atoms with Gasteiger partial charge in [0.25, 0.3) is 0 Å². The molecule has 24 heavy (non-hydrogen) atoms. The van der Waals surface area contributed by atoms with E-state index in [1.54, 1.807) is 19.3 Å². The van der Waals surface area contributed by atoms with Crippen molar-refractivity contribution >= 4 is 5.91 Å². The van der Waals surface area contributed by atoms with Crippen LogP contribution in [0.5, 0.6) is 0 Å². The third-order valence-electron chi connectivity index (χ3n) is 4.73. The number of aromatic nitrogens is 2. The minimum atomic E-state index is 0.0618. The first-order valence-corrected chi connectivity index (χ1v) is 8.37. The first kappa shape index (κ1) is 16.6. The SMILES string of the molecule is CC(=O)N(Cc1ncc(C)o1)C1CCN(C(C)c2cccnc2)C1. The summed E-state index contributed by atoms with van der Waals surface area (Å²) in [6, 6.07) is 4.55. The Labute approximate surface area is 142 Å². The molecule has 1 saturated heterocycles. The van der Waals surface area contributed by atoms with Gasteiger partial charge in [-0.05, 0) is 31.9 Å². The van der Waals surface area contributed by atoms with Gasteiger partial charge in [-0.15, -0.1) is 0 Å². The standard InChI is InChI=1S/C18H24N4O2/c1-13-9-20-18(24-13)12-22(15(3)23)17-6-8-21(11-17)14(2)16-5-4-7-19-10-16/h4-5,7,9-10,14,17H,6,8,11-12H2,1-3H3. The van der Waals surface area contributed by atoms with Crippen LogP contribution in [-0.4, -0.2) is 44.8 Å². The Balaban J connectivity index is 1.67. The molecule has 6 heteroatoms. The van der Waals surface area contributed by atoms with E-state index in [4.69, 9.17) is 4.42 Å². The average Bonchev–Trinajstić information content (AvgIpc) is 3.21. The van der Waals surface area contributed by atoms with Gasteiger partial charge in [-0.25, -0.2) is 4.98 Å². The van der Waals surface area contributed by atoms with Crippen LogP contribution in [0.1, 0.15) is 43.5 Å². The number of aryl methyl sites for hydroxylation is 1. The van der Waals surface area contributed by atoms with E-state index >= 15 is 0 Å². The lowest BCUT2D eigenvalue weighted by molar-refractivity contribution is -0.132. The number of carbonyl (C=O) groups excluding carboxylic acids is 1. The number of oxazole rings is 1. The predicted octanol–water partition coefficient (Wildman–Crippen LogP) is 2.56. The van der Waals surface area contributed by atoms with Gasteiger partial charge in [-0.1, -0.05) is 6.07 Å². The first-order chi connectivity index (χ1) is 11.5. The second-order valence-electron chi connectivity index (χ2n) is 6.41. The second-order valence-corrected chi connectivity index (χ2v) is 6.41. The molecular weight excluding hydrogens is 304 g/mol. The summed E-state index contributed by atoms with van der Waals surface area (Å²) in [5, 5.41) is 0. The minimum absolute atomic E-state index is 0.0618. The highest BCUT2D eigenvalue weighted by molar-refractivity contribution is 5.73. The molecule has 0 spiro atoms. The molecule has 0 saturated carbocycles. The maximum atomic E-state index is 12.1. The van der Waals surface area contributed by atoms with Crippen molar-refractivity contribution in [1.82, 2.24) is 19.8 Å². The van der Waals surface area contributed by atoms with E-state index in [1.807, 2.05) is 24.1 Å². The molecule has 0 radical (unpaired) electrons. The molecule has 0 N–H and O–H groups in total. The number of amides is 1. The fraction of sp³-hybridized carbons (Fsp3) is 0.500. The van der Waals surface area contributed by atoms with E-state index in [0.29, 0.717) is 18.5 Å². The fourth-order valence-corrected chi connectivity index (χ4v) is 3.33. The molecule has 1 aliphatic heterocycles. The molecule has 3 heterocycles. The molecule has 2 aromatic heterocycles. The molecule has 6 nitrogen and oxygen atoms in total. The molecule has 2 atom stereocenters. The van der Waals surface area contributed by atoms with Crippen LogP contribution in [0.3, 0.4) is 0 Å². The smallest absolute Gasteiger partial charge is 0.220 e. The maximum Gasteiger partial charge on any atom is 0.220 e. The van der Waals surface area contributed by atoms with Gasteiger partial charge in [0, 0.05) is 44.5 Å². The highest BCUT2D eigenvalue weighted by Crippen LogP contribution is 2.27. The second kappa shape index (κ2) is 7.13. The van der Waals surface area contributed by atoms with Gasteiger partial charge >= 0.3 is 0 Å². The van der Waals surface area contributed by atoms with E-state index in [1.165, 1.54) is 5.56 Å². The summed E-state index contributed by atoms with van der Waals surface area (Å²) in [5.41, 5.74) is 1.20. The van der Waals surface area contributed by atoms with Crippen LogP contribution in [0.15, 0.2) is 35.1 Å². The lowest BCUT2D eigenvalue weighted by Gasteiger charge is -2.29. The summed E-state index contributed by atoms with van der Waals surface area (Å²) >= 11 is 0. The third kappa shape index (κ3) is 3.64. The molecule has 1 amide bonds. The highest BCUT2D eigenvalue weighted by atomic mass is 16.4. The zero-order valence-electron chi connectivity index (χ0n) is 14.5. The number of hydrogen-bond donors (Lipinski definition) is 0. The molecule has 2 unspecified atom stereocenters. The van der Waals surface area contributed by atoms with E-state index in [-0.39, 0.29) is 11.9 Å². The van der Waals surface area contributed by atoms with Crippen molar-refractivity contribution in [2.24, 2.45) is 0 Å². The van der Waals surface area contributed by atoms with Crippen LogP contribution in [-0.2, 0) is 11.3 Å². The molecular formula is C18H24N4O2. The van der Waals surface area contributed by atoms with Crippen LogP contribution >= 0.6 is 0 Å². The van der Waals surface area contributed by atoms with Crippen LogP contribution in [0, 0.1) is 6.92 Å². The summed E-state index contributed by atoms with van der Waals surface area (Å²) in [4.78, 5) is 24.8. The van der Waals surface area contributed by atoms with Crippen molar-refractivity contribution in [1.29, 1.82) is 0 Å². The van der Waals surface area contributed by atoms with Crippen LogP contribution < -0.4 is 0 Å². The third-order valence-corrected chi connectivity index (χ3v) is 4.73. The first-order valence-electron chi connectivity index (χ1n) is 8.37. The minimum Gasteiger partial charge on any atom is -0.444 e. The topological polar surface area (TPSA) is 62.5 Å². The number of carbonyl (C=O) groups is 1. The van der Waals surface area contributed by atoms with Crippen molar-refractivity contribution in [3.63, 3.8) is 0 Å². The van der Waals surface area contributed by atoms with E-state index < -0.39 is 0 Å². The van der Waals surface area contributed by atoms with Gasteiger partial charge in [0.05, 0.1) is 12.7 Å². The van der Waals surface area contributed by atoms with Gasteiger partial charge < -0.3 is 9.32 Å². The Morgan fingerprint density at radius 3 is 2.96 bits per heavy atom. The van der Waals surface area contributed by atoms with Gasteiger partial charge in [0.1, 0.15) is 5.76 Å². The van der Waals surface area contributed by atoms with Crippen molar-refractivity contribution in [3.05, 3.63) is 47.9 Å². The summed E-state index contributed by atoms with van der Waals surface area (Å²) in [6.45, 7) is 7.92. The monoisotopic (exact) mass is 328 g/mol. The maximum absolute atomic E-state index is 12.1. The van der Waals surface area contributed by atoms with E-state index in [0.717, 1.165) is 25.3 Å². The quantitative estimate of drug-likeness (QED) is 0.844. The Bertz CT molecular complexity index is 685. The van der Waals surface area contributed by atoms with Gasteiger partial charge in [0.2, 0.25) is 11.8 Å². The number of likely N-dealkylation sites (tertiary alicyclic amines) is 1. The molecule has 3 rings (SSSR count). The summed E-state index contributed by atoms with van der Waals surface area (Å²) < 4.78 is 5.54. The summed E-state index contributed by atoms with van der Waals surface area (Å²) in [7, 11) is 0. The van der Waals surface area contributed by atoms with Gasteiger partial charge in [-0.2, -0.15) is 0 Å². The number of nitrogens with zero attached hydrogens (tertiary/aromatic N) is 4. The Morgan fingerprint density at radius 1 is 1.50 bits per heavy atom. The molecule has 0 bridgehead atoms. The lowest BCUT2D eigenvalue weighted by Crippen LogP contribution is -2.40. The van der Waals surface area contributed by atoms with Crippen molar-refractivity contribution in [2.75, 3.05) is 13.1 Å². The molecule has 0 aliphatic carbocycles. The molecule has 0 aromatic carbocycles. The number of rotatable bonds is 5. The normalized spacial score (nSPS) is 19.4. The molecule has 1 aliphatic rings. The molecule has 1 fully saturated rings. The van der Waals surface area contributed by atoms with Crippen molar-refractivity contribution < 1.29 is 9.21 Å². The number of pyridine rings is 1. The van der Waals surface area contributed by atoms with Crippen molar-refractivity contribution in [2.45, 2.75) is 45.8 Å². The number of hydrogen-bond acceptors (Lipinski definition) is 5. The van der Waals surface area contributed by atoms with E-state index in [2.05, 4.69) is 27.9 Å². The van der Waals surface area contributed by atoms with Gasteiger partial charge in [-0.3, -0.25) is 14.7 Å².